The fraction of sp³-hybridized carbons (Fsp3) is 0.200. The summed E-state index contributed by atoms with van der Waals surface area (Å²) in [6.45, 7) is 5.47. The van der Waals surface area contributed by atoms with Crippen molar-refractivity contribution in [2.75, 3.05) is 5.73 Å². The highest BCUT2D eigenvalue weighted by atomic mass is 16.5. The Labute approximate surface area is 113 Å². The molecule has 100 valence electrons. The van der Waals surface area contributed by atoms with Crippen molar-refractivity contribution < 1.29 is 9.53 Å². The van der Waals surface area contributed by atoms with Gasteiger partial charge in [0.15, 0.2) is 5.78 Å². The number of nitrogens with zero attached hydrogens (tertiary/aromatic N) is 1. The first-order valence-corrected chi connectivity index (χ1v) is 6.15. The van der Waals surface area contributed by atoms with Gasteiger partial charge in [-0.3, -0.25) is 9.78 Å². The molecule has 4 heteroatoms. The molecule has 0 bridgehead atoms. The zero-order valence-electron chi connectivity index (χ0n) is 11.4. The molecule has 4 nitrogen and oxygen atoms in total. The van der Waals surface area contributed by atoms with Gasteiger partial charge in [-0.15, -0.1) is 0 Å². The number of anilines is 1. The SMILES string of the molecule is CC.CC(=O)c1cc(Oc2ccc(N)cc2)ccn1. The third-order valence-corrected chi connectivity index (χ3v) is 2.21. The number of hydrogen-bond acceptors (Lipinski definition) is 4. The molecule has 0 fully saturated rings. The Morgan fingerprint density at radius 1 is 1.11 bits per heavy atom. The van der Waals surface area contributed by atoms with Crippen LogP contribution in [-0.4, -0.2) is 10.8 Å². The van der Waals surface area contributed by atoms with E-state index in [9.17, 15) is 4.79 Å². The van der Waals surface area contributed by atoms with Crippen LogP contribution in [0.5, 0.6) is 11.5 Å². The third-order valence-electron chi connectivity index (χ3n) is 2.21. The van der Waals surface area contributed by atoms with Crippen LogP contribution in [0.15, 0.2) is 42.6 Å². The monoisotopic (exact) mass is 258 g/mol. The van der Waals surface area contributed by atoms with Crippen LogP contribution in [-0.2, 0) is 0 Å². The topological polar surface area (TPSA) is 65.2 Å². The number of Topliss-reactive ketones (excluding diaryl/α,β-unsaturated/α-hetero) is 1. The minimum Gasteiger partial charge on any atom is -0.457 e. The number of carbonyl (C=O) groups is 1. The van der Waals surface area contributed by atoms with Crippen molar-refractivity contribution in [2.24, 2.45) is 0 Å². The minimum absolute atomic E-state index is 0.0900. The molecule has 2 N–H and O–H groups in total. The molecule has 0 saturated carbocycles. The minimum atomic E-state index is -0.0900. The third kappa shape index (κ3) is 4.43. The summed E-state index contributed by atoms with van der Waals surface area (Å²) in [5.74, 6) is 1.16. The number of nitrogen functional groups attached to an aromatic ring is 1. The van der Waals surface area contributed by atoms with Crippen LogP contribution in [0.2, 0.25) is 0 Å². The quantitative estimate of drug-likeness (QED) is 0.673. The van der Waals surface area contributed by atoms with Gasteiger partial charge in [0, 0.05) is 24.9 Å². The van der Waals surface area contributed by atoms with Gasteiger partial charge in [-0.2, -0.15) is 0 Å². The summed E-state index contributed by atoms with van der Waals surface area (Å²) < 4.78 is 5.58. The molecular formula is C15H18N2O2. The van der Waals surface area contributed by atoms with Crippen molar-refractivity contribution in [1.29, 1.82) is 0 Å². The van der Waals surface area contributed by atoms with Gasteiger partial charge in [-0.05, 0) is 30.3 Å². The van der Waals surface area contributed by atoms with E-state index < -0.39 is 0 Å². The number of rotatable bonds is 3. The maximum Gasteiger partial charge on any atom is 0.178 e. The van der Waals surface area contributed by atoms with Crippen LogP contribution >= 0.6 is 0 Å². The van der Waals surface area contributed by atoms with Gasteiger partial charge in [0.1, 0.15) is 17.2 Å². The van der Waals surface area contributed by atoms with Crippen LogP contribution in [0.25, 0.3) is 0 Å². The number of carbonyl (C=O) groups excluding carboxylic acids is 1. The Kier molecular flexibility index (Phi) is 5.54. The summed E-state index contributed by atoms with van der Waals surface area (Å²) >= 11 is 0. The number of hydrogen-bond donors (Lipinski definition) is 1. The molecule has 1 heterocycles. The summed E-state index contributed by atoms with van der Waals surface area (Å²) in [5.41, 5.74) is 6.64. The number of ketones is 1. The van der Waals surface area contributed by atoms with Gasteiger partial charge in [0.25, 0.3) is 0 Å². The van der Waals surface area contributed by atoms with Crippen molar-refractivity contribution in [3.63, 3.8) is 0 Å². The maximum atomic E-state index is 11.2. The number of nitrogens with two attached hydrogens (primary N) is 1. The highest BCUT2D eigenvalue weighted by Crippen LogP contribution is 2.22. The normalized spacial score (nSPS) is 9.21. The van der Waals surface area contributed by atoms with E-state index in [4.69, 9.17) is 10.5 Å². The highest BCUT2D eigenvalue weighted by molar-refractivity contribution is 5.92. The van der Waals surface area contributed by atoms with E-state index in [1.807, 2.05) is 13.8 Å². The molecule has 2 aromatic rings. The van der Waals surface area contributed by atoms with Gasteiger partial charge in [0.05, 0.1) is 0 Å². The molecule has 19 heavy (non-hydrogen) atoms. The standard InChI is InChI=1S/C13H12N2O2.C2H6/c1-9(16)13-8-12(6-7-15-13)17-11-4-2-10(14)3-5-11;1-2/h2-8H,14H2,1H3;1-2H3. The van der Waals surface area contributed by atoms with Crippen molar-refractivity contribution in [3.8, 4) is 11.5 Å². The first-order valence-electron chi connectivity index (χ1n) is 6.15. The Balaban J connectivity index is 0.000000861. The molecule has 1 aromatic carbocycles. The number of pyridine rings is 1. The summed E-state index contributed by atoms with van der Waals surface area (Å²) in [7, 11) is 0. The first kappa shape index (κ1) is 14.7. The molecule has 0 amide bonds. The van der Waals surface area contributed by atoms with E-state index in [1.54, 1.807) is 42.6 Å². The number of benzene rings is 1. The lowest BCUT2D eigenvalue weighted by atomic mass is 10.2. The molecule has 0 radical (unpaired) electrons. The smallest absolute Gasteiger partial charge is 0.178 e. The zero-order valence-corrected chi connectivity index (χ0v) is 11.4. The summed E-state index contributed by atoms with van der Waals surface area (Å²) in [6, 6.07) is 10.3. The van der Waals surface area contributed by atoms with Crippen molar-refractivity contribution in [2.45, 2.75) is 20.8 Å². The molecule has 0 saturated heterocycles. The molecule has 0 atom stereocenters. The van der Waals surface area contributed by atoms with E-state index in [0.29, 0.717) is 22.9 Å². The molecule has 0 unspecified atom stereocenters. The molecular weight excluding hydrogens is 240 g/mol. The van der Waals surface area contributed by atoms with E-state index in [0.717, 1.165) is 0 Å². The van der Waals surface area contributed by atoms with Crippen molar-refractivity contribution in [1.82, 2.24) is 4.98 Å². The molecule has 1 aromatic heterocycles. The molecule has 0 spiro atoms. The van der Waals surface area contributed by atoms with Gasteiger partial charge in [0.2, 0.25) is 0 Å². The van der Waals surface area contributed by atoms with Crippen molar-refractivity contribution in [3.05, 3.63) is 48.3 Å². The molecule has 0 aliphatic heterocycles. The Morgan fingerprint density at radius 2 is 1.74 bits per heavy atom. The van der Waals surface area contributed by atoms with Gasteiger partial charge >= 0.3 is 0 Å². The van der Waals surface area contributed by atoms with Gasteiger partial charge in [-0.25, -0.2) is 0 Å². The summed E-state index contributed by atoms with van der Waals surface area (Å²) in [6.07, 6.45) is 1.55. The first-order chi connectivity index (χ1) is 9.15. The van der Waals surface area contributed by atoms with E-state index in [1.165, 1.54) is 6.92 Å². The molecule has 0 aliphatic carbocycles. The average molecular weight is 258 g/mol. The van der Waals surface area contributed by atoms with Crippen LogP contribution in [0.1, 0.15) is 31.3 Å². The fourth-order valence-corrected chi connectivity index (χ4v) is 1.34. The lowest BCUT2D eigenvalue weighted by molar-refractivity contribution is 0.101. The second-order valence-electron chi connectivity index (χ2n) is 3.60. The van der Waals surface area contributed by atoms with Crippen LogP contribution < -0.4 is 10.5 Å². The Morgan fingerprint density at radius 3 is 2.32 bits per heavy atom. The fourth-order valence-electron chi connectivity index (χ4n) is 1.34. The van der Waals surface area contributed by atoms with Gasteiger partial charge in [-0.1, -0.05) is 13.8 Å². The van der Waals surface area contributed by atoms with Crippen LogP contribution in [0.3, 0.4) is 0 Å². The molecule has 2 rings (SSSR count). The van der Waals surface area contributed by atoms with E-state index >= 15 is 0 Å². The summed E-state index contributed by atoms with van der Waals surface area (Å²) in [5, 5.41) is 0. The Bertz CT molecular complexity index is 536. The largest absolute Gasteiger partial charge is 0.457 e. The van der Waals surface area contributed by atoms with E-state index in [-0.39, 0.29) is 5.78 Å². The second kappa shape index (κ2) is 7.16. The van der Waals surface area contributed by atoms with E-state index in [2.05, 4.69) is 4.98 Å². The predicted octanol–water partition coefficient (Wildman–Crippen LogP) is 3.68. The lowest BCUT2D eigenvalue weighted by Crippen LogP contribution is -1.96. The maximum absolute atomic E-state index is 11.2. The average Bonchev–Trinajstić information content (AvgIpc) is 2.44. The molecule has 0 aliphatic rings. The highest BCUT2D eigenvalue weighted by Gasteiger charge is 2.03. The number of ether oxygens (including phenoxy) is 1. The van der Waals surface area contributed by atoms with Crippen LogP contribution in [0.4, 0.5) is 5.69 Å². The lowest BCUT2D eigenvalue weighted by Gasteiger charge is -2.06. The second-order valence-corrected chi connectivity index (χ2v) is 3.60. The zero-order chi connectivity index (χ0) is 14.3. The van der Waals surface area contributed by atoms with Gasteiger partial charge < -0.3 is 10.5 Å². The number of aromatic nitrogens is 1. The predicted molar refractivity (Wildman–Crippen MR) is 76.5 cm³/mol. The van der Waals surface area contributed by atoms with Crippen LogP contribution in [0, 0.1) is 0 Å². The van der Waals surface area contributed by atoms with Crippen molar-refractivity contribution >= 4 is 11.5 Å². The Hall–Kier alpha value is -2.36. The summed E-state index contributed by atoms with van der Waals surface area (Å²) in [4.78, 5) is 15.1.